The van der Waals surface area contributed by atoms with E-state index in [1.165, 1.54) is 9.87 Å². The Morgan fingerprint density at radius 1 is 0.943 bits per heavy atom. The van der Waals surface area contributed by atoms with Crippen molar-refractivity contribution < 1.29 is 22.7 Å². The fourth-order valence-corrected chi connectivity index (χ4v) is 7.88. The standard InChI is InChI=1S/C27H32N2O5S/c1-19-22-16-24-25(34-15-14-33-24)17-23(22)27(10-2-3-11-27)18-29(19)26(30)20-6-8-21(9-7-20)35(31,32)28-12-4-5-13-28/h6-9,16-17,19H,2-5,10-15,18H2,1H3/t19-/m0/s1. The molecule has 1 saturated carbocycles. The summed E-state index contributed by atoms with van der Waals surface area (Å²) in [7, 11) is -3.50. The van der Waals surface area contributed by atoms with Crippen LogP contribution in [0, 0.1) is 0 Å². The molecule has 2 fully saturated rings. The van der Waals surface area contributed by atoms with Crippen molar-refractivity contribution in [2.75, 3.05) is 32.8 Å². The Morgan fingerprint density at radius 3 is 2.23 bits per heavy atom. The molecule has 3 heterocycles. The molecule has 2 aromatic rings. The Labute approximate surface area is 207 Å². The Hall–Kier alpha value is -2.58. The quantitative estimate of drug-likeness (QED) is 0.634. The predicted molar refractivity (Wildman–Crippen MR) is 131 cm³/mol. The van der Waals surface area contributed by atoms with E-state index < -0.39 is 10.0 Å². The van der Waals surface area contributed by atoms with E-state index in [9.17, 15) is 13.2 Å². The number of hydrogen-bond acceptors (Lipinski definition) is 5. The van der Waals surface area contributed by atoms with E-state index in [0.29, 0.717) is 38.4 Å². The molecule has 3 aliphatic heterocycles. The molecule has 0 aromatic heterocycles. The second-order valence-electron chi connectivity index (χ2n) is 10.3. The van der Waals surface area contributed by atoms with Crippen LogP contribution in [0.25, 0.3) is 0 Å². The molecular weight excluding hydrogens is 464 g/mol. The van der Waals surface area contributed by atoms with E-state index in [4.69, 9.17) is 9.47 Å². The van der Waals surface area contributed by atoms with Gasteiger partial charge in [0.05, 0.1) is 10.9 Å². The molecule has 6 rings (SSSR count). The summed E-state index contributed by atoms with van der Waals surface area (Å²) < 4.78 is 39.1. The number of sulfonamides is 1. The molecule has 4 aliphatic rings. The summed E-state index contributed by atoms with van der Waals surface area (Å²) in [6.45, 7) is 4.94. The highest BCUT2D eigenvalue weighted by molar-refractivity contribution is 7.89. The average Bonchev–Trinajstić information content (AvgIpc) is 3.59. The first kappa shape index (κ1) is 22.9. The van der Waals surface area contributed by atoms with E-state index in [1.807, 2.05) is 4.90 Å². The highest BCUT2D eigenvalue weighted by Crippen LogP contribution is 2.52. The number of amides is 1. The van der Waals surface area contributed by atoms with Gasteiger partial charge in [0, 0.05) is 30.6 Å². The van der Waals surface area contributed by atoms with Crippen LogP contribution in [0.4, 0.5) is 0 Å². The normalized spacial score (nSPS) is 23.5. The zero-order valence-corrected chi connectivity index (χ0v) is 21.0. The summed E-state index contributed by atoms with van der Waals surface area (Å²) in [6, 6.07) is 10.6. The van der Waals surface area contributed by atoms with Gasteiger partial charge < -0.3 is 14.4 Å². The van der Waals surface area contributed by atoms with E-state index in [1.54, 1.807) is 24.3 Å². The third kappa shape index (κ3) is 3.73. The van der Waals surface area contributed by atoms with Crippen LogP contribution in [0.15, 0.2) is 41.3 Å². The van der Waals surface area contributed by atoms with E-state index in [-0.39, 0.29) is 22.3 Å². The third-order valence-electron chi connectivity index (χ3n) is 8.30. The smallest absolute Gasteiger partial charge is 0.254 e. The van der Waals surface area contributed by atoms with Crippen molar-refractivity contribution in [1.82, 2.24) is 9.21 Å². The lowest BCUT2D eigenvalue weighted by atomic mass is 9.71. The molecule has 1 aliphatic carbocycles. The summed E-state index contributed by atoms with van der Waals surface area (Å²) in [5.41, 5.74) is 2.87. The predicted octanol–water partition coefficient (Wildman–Crippen LogP) is 4.27. The van der Waals surface area contributed by atoms with E-state index in [0.717, 1.165) is 55.6 Å². The van der Waals surface area contributed by atoms with Crippen molar-refractivity contribution in [2.45, 2.75) is 61.8 Å². The maximum atomic E-state index is 13.8. The van der Waals surface area contributed by atoms with Crippen LogP contribution in [-0.2, 0) is 15.4 Å². The van der Waals surface area contributed by atoms with Crippen molar-refractivity contribution in [3.63, 3.8) is 0 Å². The van der Waals surface area contributed by atoms with Gasteiger partial charge in [0.15, 0.2) is 11.5 Å². The Kier molecular flexibility index (Phi) is 5.56. The first-order valence-corrected chi connectivity index (χ1v) is 14.2. The highest BCUT2D eigenvalue weighted by Gasteiger charge is 2.46. The molecule has 1 atom stereocenters. The summed E-state index contributed by atoms with van der Waals surface area (Å²) in [4.78, 5) is 16.0. The summed E-state index contributed by atoms with van der Waals surface area (Å²) in [6.07, 6.45) is 6.17. The maximum Gasteiger partial charge on any atom is 0.254 e. The van der Waals surface area contributed by atoms with Crippen LogP contribution in [0.2, 0.25) is 0 Å². The number of ether oxygens (including phenoxy) is 2. The number of hydrogen-bond donors (Lipinski definition) is 0. The van der Waals surface area contributed by atoms with Gasteiger partial charge in [0.2, 0.25) is 10.0 Å². The number of nitrogens with zero attached hydrogens (tertiary/aromatic N) is 2. The van der Waals surface area contributed by atoms with Crippen molar-refractivity contribution in [2.24, 2.45) is 0 Å². The molecule has 1 spiro atoms. The van der Waals surface area contributed by atoms with Gasteiger partial charge >= 0.3 is 0 Å². The fourth-order valence-electron chi connectivity index (χ4n) is 6.37. The first-order valence-electron chi connectivity index (χ1n) is 12.7. The maximum absolute atomic E-state index is 13.8. The van der Waals surface area contributed by atoms with Crippen LogP contribution in [0.1, 0.15) is 73.0 Å². The molecule has 186 valence electrons. The molecule has 0 bridgehead atoms. The van der Waals surface area contributed by atoms with E-state index >= 15 is 0 Å². The highest BCUT2D eigenvalue weighted by atomic mass is 32.2. The lowest BCUT2D eigenvalue weighted by Crippen LogP contribution is -2.48. The van der Waals surface area contributed by atoms with Gasteiger partial charge in [-0.3, -0.25) is 4.79 Å². The van der Waals surface area contributed by atoms with E-state index in [2.05, 4.69) is 19.1 Å². The van der Waals surface area contributed by atoms with Crippen LogP contribution in [0.3, 0.4) is 0 Å². The second kappa shape index (κ2) is 8.52. The number of rotatable bonds is 3. The third-order valence-corrected chi connectivity index (χ3v) is 10.2. The summed E-state index contributed by atoms with van der Waals surface area (Å²) >= 11 is 0. The fraction of sp³-hybridized carbons (Fsp3) is 0.519. The topological polar surface area (TPSA) is 76.2 Å². The molecule has 2 aromatic carbocycles. The van der Waals surface area contributed by atoms with Crippen LogP contribution in [0.5, 0.6) is 11.5 Å². The summed E-state index contributed by atoms with van der Waals surface area (Å²) in [5, 5.41) is 0. The second-order valence-corrected chi connectivity index (χ2v) is 12.3. The first-order chi connectivity index (χ1) is 16.9. The average molecular weight is 497 g/mol. The molecular formula is C27H32N2O5S. The minimum atomic E-state index is -3.50. The zero-order chi connectivity index (χ0) is 24.2. The number of carbonyl (C=O) groups excluding carboxylic acids is 1. The molecule has 0 N–H and O–H groups in total. The van der Waals surface area contributed by atoms with Gasteiger partial charge in [-0.15, -0.1) is 0 Å². The number of carbonyl (C=O) groups is 1. The summed E-state index contributed by atoms with van der Waals surface area (Å²) in [5.74, 6) is 1.50. The zero-order valence-electron chi connectivity index (χ0n) is 20.2. The van der Waals surface area contributed by atoms with Crippen LogP contribution >= 0.6 is 0 Å². The largest absolute Gasteiger partial charge is 0.486 e. The minimum Gasteiger partial charge on any atom is -0.486 e. The Morgan fingerprint density at radius 2 is 1.57 bits per heavy atom. The van der Waals surface area contributed by atoms with Crippen molar-refractivity contribution in [3.05, 3.63) is 53.1 Å². The lowest BCUT2D eigenvalue weighted by molar-refractivity contribution is 0.0593. The molecule has 0 unspecified atom stereocenters. The Bertz CT molecular complexity index is 1250. The monoisotopic (exact) mass is 496 g/mol. The molecule has 1 amide bonds. The van der Waals surface area contributed by atoms with Gasteiger partial charge in [-0.05, 0) is 80.1 Å². The van der Waals surface area contributed by atoms with Gasteiger partial charge in [-0.2, -0.15) is 4.31 Å². The van der Waals surface area contributed by atoms with Gasteiger partial charge in [0.25, 0.3) is 5.91 Å². The van der Waals surface area contributed by atoms with Crippen molar-refractivity contribution in [1.29, 1.82) is 0 Å². The van der Waals surface area contributed by atoms with Crippen molar-refractivity contribution in [3.8, 4) is 11.5 Å². The molecule has 1 saturated heterocycles. The molecule has 7 nitrogen and oxygen atoms in total. The van der Waals surface area contributed by atoms with Crippen LogP contribution in [-0.4, -0.2) is 56.4 Å². The molecule has 8 heteroatoms. The SMILES string of the molecule is C[C@H]1c2cc3c(cc2C2(CCCC2)CN1C(=O)c1ccc(S(=O)(=O)N2CCCC2)cc1)OCCO3. The number of fused-ring (bicyclic) bond motifs is 3. The number of benzene rings is 2. The van der Waals surface area contributed by atoms with Gasteiger partial charge in [-0.25, -0.2) is 8.42 Å². The molecule has 35 heavy (non-hydrogen) atoms. The molecule has 0 radical (unpaired) electrons. The van der Waals surface area contributed by atoms with Gasteiger partial charge in [0.1, 0.15) is 13.2 Å². The van der Waals surface area contributed by atoms with Crippen molar-refractivity contribution >= 4 is 15.9 Å². The lowest BCUT2D eigenvalue weighted by Gasteiger charge is -2.46. The van der Waals surface area contributed by atoms with Gasteiger partial charge in [-0.1, -0.05) is 12.8 Å². The Balaban J connectivity index is 1.32. The van der Waals surface area contributed by atoms with Crippen LogP contribution < -0.4 is 9.47 Å². The minimum absolute atomic E-state index is 0.0607.